The van der Waals surface area contributed by atoms with Crippen molar-refractivity contribution in [2.24, 2.45) is 5.73 Å². The Morgan fingerprint density at radius 2 is 1.73 bits per heavy atom. The zero-order valence-corrected chi connectivity index (χ0v) is 23.0. The number of aliphatic carboxylic acids is 1. The number of carbonyl (C=O) groups is 3. The highest BCUT2D eigenvalue weighted by atomic mass is 32.2. The molecule has 11 nitrogen and oxygen atoms in total. The van der Waals surface area contributed by atoms with Crippen LogP contribution in [0, 0.1) is 5.41 Å². The highest BCUT2D eigenvalue weighted by molar-refractivity contribution is 7.92. The second kappa shape index (κ2) is 12.6. The first kappa shape index (κ1) is 29.3. The maximum atomic E-state index is 13.3. The van der Waals surface area contributed by atoms with Crippen molar-refractivity contribution in [1.82, 2.24) is 0 Å². The Bertz CT molecular complexity index is 1590. The van der Waals surface area contributed by atoms with Crippen LogP contribution in [0.2, 0.25) is 0 Å². The molecule has 0 aromatic heterocycles. The van der Waals surface area contributed by atoms with Crippen molar-refractivity contribution >= 4 is 50.7 Å². The number of carbonyl (C=O) groups excluding carboxylic acids is 2. The van der Waals surface area contributed by atoms with Gasteiger partial charge in [-0.2, -0.15) is 0 Å². The summed E-state index contributed by atoms with van der Waals surface area (Å²) in [5.74, 6) is -1.92. The van der Waals surface area contributed by atoms with E-state index in [1.807, 2.05) is 0 Å². The third kappa shape index (κ3) is 7.48. The van der Waals surface area contributed by atoms with Gasteiger partial charge >= 0.3 is 5.97 Å². The average molecular weight is 578 g/mol. The molecule has 41 heavy (non-hydrogen) atoms. The number of amides is 2. The number of hydrogen-bond donors (Lipinski definition) is 5. The van der Waals surface area contributed by atoms with Gasteiger partial charge in [0.25, 0.3) is 10.0 Å². The molecule has 0 fully saturated rings. The number of carboxylic acid groups (broad SMARTS) is 1. The maximum Gasteiger partial charge on any atom is 0.303 e. The number of anilines is 3. The van der Waals surface area contributed by atoms with E-state index in [-0.39, 0.29) is 42.3 Å². The van der Waals surface area contributed by atoms with Gasteiger partial charge in [0, 0.05) is 42.0 Å². The van der Waals surface area contributed by atoms with Crippen LogP contribution in [0.5, 0.6) is 0 Å². The lowest BCUT2D eigenvalue weighted by Crippen LogP contribution is -2.35. The van der Waals surface area contributed by atoms with E-state index in [1.54, 1.807) is 53.4 Å². The molecular formula is C29H31N5O6S. The van der Waals surface area contributed by atoms with Gasteiger partial charge in [-0.1, -0.05) is 30.3 Å². The number of nitrogen functional groups attached to an aromatic ring is 1. The Balaban J connectivity index is 1.47. The van der Waals surface area contributed by atoms with Gasteiger partial charge in [-0.05, 0) is 66.8 Å². The summed E-state index contributed by atoms with van der Waals surface area (Å²) in [5, 5.41) is 19.2. The molecule has 0 saturated carbocycles. The molecule has 1 heterocycles. The second-order valence-corrected chi connectivity index (χ2v) is 11.3. The molecule has 0 bridgehead atoms. The SMILES string of the molecule is N=C(N)c1ccc(CCC(=O)N2CCCc3cc(NS(=O)(=O)c4ccccc4)ccc32)c(NC(=O)CCC(=O)O)c1. The monoisotopic (exact) mass is 577 g/mol. The number of nitrogens with two attached hydrogens (primary N) is 1. The molecule has 4 rings (SSSR count). The normalized spacial score (nSPS) is 12.7. The van der Waals surface area contributed by atoms with Crippen molar-refractivity contribution in [3.05, 3.63) is 83.4 Å². The van der Waals surface area contributed by atoms with Crippen LogP contribution in [-0.2, 0) is 37.2 Å². The maximum absolute atomic E-state index is 13.3. The van der Waals surface area contributed by atoms with Gasteiger partial charge in [0.1, 0.15) is 5.84 Å². The van der Waals surface area contributed by atoms with Crippen LogP contribution >= 0.6 is 0 Å². The van der Waals surface area contributed by atoms with Gasteiger partial charge in [0.2, 0.25) is 11.8 Å². The van der Waals surface area contributed by atoms with E-state index in [0.717, 1.165) is 11.3 Å². The predicted octanol–water partition coefficient (Wildman–Crippen LogP) is 3.49. The molecule has 3 aromatic carbocycles. The van der Waals surface area contributed by atoms with E-state index in [1.165, 1.54) is 18.2 Å². The molecule has 0 atom stereocenters. The first-order chi connectivity index (χ1) is 19.5. The smallest absolute Gasteiger partial charge is 0.303 e. The van der Waals surface area contributed by atoms with Gasteiger partial charge in [0.15, 0.2) is 0 Å². The van der Waals surface area contributed by atoms with Crippen LogP contribution in [0.15, 0.2) is 71.6 Å². The number of amidine groups is 1. The molecule has 0 spiro atoms. The van der Waals surface area contributed by atoms with E-state index in [2.05, 4.69) is 10.0 Å². The summed E-state index contributed by atoms with van der Waals surface area (Å²) < 4.78 is 28.1. The summed E-state index contributed by atoms with van der Waals surface area (Å²) in [5.41, 5.74) is 8.99. The summed E-state index contributed by atoms with van der Waals surface area (Å²) >= 11 is 0. The van der Waals surface area contributed by atoms with Crippen molar-refractivity contribution in [2.75, 3.05) is 21.5 Å². The minimum Gasteiger partial charge on any atom is -0.481 e. The number of rotatable bonds is 11. The van der Waals surface area contributed by atoms with Crippen molar-refractivity contribution in [2.45, 2.75) is 43.4 Å². The molecular weight excluding hydrogens is 546 g/mol. The van der Waals surface area contributed by atoms with Crippen molar-refractivity contribution in [1.29, 1.82) is 5.41 Å². The zero-order valence-electron chi connectivity index (χ0n) is 22.2. The Morgan fingerprint density at radius 1 is 0.976 bits per heavy atom. The minimum atomic E-state index is -3.75. The fourth-order valence-corrected chi connectivity index (χ4v) is 5.69. The van der Waals surface area contributed by atoms with E-state index in [4.69, 9.17) is 16.2 Å². The van der Waals surface area contributed by atoms with Crippen molar-refractivity contribution < 1.29 is 27.9 Å². The van der Waals surface area contributed by atoms with Crippen LogP contribution < -0.4 is 20.7 Å². The lowest BCUT2D eigenvalue weighted by atomic mass is 9.99. The van der Waals surface area contributed by atoms with Gasteiger partial charge in [-0.3, -0.25) is 24.5 Å². The third-order valence-corrected chi connectivity index (χ3v) is 8.07. The molecule has 0 aliphatic carbocycles. The molecule has 0 radical (unpaired) electrons. The number of fused-ring (bicyclic) bond motifs is 1. The number of benzene rings is 3. The Kier molecular flexibility index (Phi) is 9.03. The molecule has 6 N–H and O–H groups in total. The van der Waals surface area contributed by atoms with Crippen LogP contribution in [0.25, 0.3) is 0 Å². The zero-order chi connectivity index (χ0) is 29.6. The second-order valence-electron chi connectivity index (χ2n) is 9.64. The van der Waals surface area contributed by atoms with Gasteiger partial charge in [-0.25, -0.2) is 8.42 Å². The molecule has 3 aromatic rings. The van der Waals surface area contributed by atoms with Crippen LogP contribution in [-0.4, -0.2) is 43.7 Å². The van der Waals surface area contributed by atoms with Crippen molar-refractivity contribution in [3.8, 4) is 0 Å². The highest BCUT2D eigenvalue weighted by Gasteiger charge is 2.24. The average Bonchev–Trinajstić information content (AvgIpc) is 2.95. The standard InChI is InChI=1S/C29H31N5O6S/c30-29(31)21-9-8-19(24(18-21)32-26(35)13-15-28(37)38)10-14-27(36)34-16-4-5-20-17-22(11-12-25(20)34)33-41(39,40)23-6-2-1-3-7-23/h1-3,6-9,11-12,17-18,33H,4-5,10,13-16H2,(H3,30,31)(H,32,35)(H,37,38). The summed E-state index contributed by atoms with van der Waals surface area (Å²) in [7, 11) is -3.75. The quantitative estimate of drug-likeness (QED) is 0.171. The number of nitrogens with zero attached hydrogens (tertiary/aromatic N) is 1. The fourth-order valence-electron chi connectivity index (χ4n) is 4.62. The third-order valence-electron chi connectivity index (χ3n) is 6.67. The summed E-state index contributed by atoms with van der Waals surface area (Å²) in [6.45, 7) is 0.517. The lowest BCUT2D eigenvalue weighted by molar-refractivity contribution is -0.138. The minimum absolute atomic E-state index is 0.124. The molecule has 1 aliphatic heterocycles. The topological polar surface area (TPSA) is 183 Å². The molecule has 1 aliphatic rings. The lowest BCUT2D eigenvalue weighted by Gasteiger charge is -2.30. The van der Waals surface area contributed by atoms with Gasteiger partial charge in [-0.15, -0.1) is 0 Å². The largest absolute Gasteiger partial charge is 0.481 e. The summed E-state index contributed by atoms with van der Waals surface area (Å²) in [4.78, 5) is 38.3. The van der Waals surface area contributed by atoms with Gasteiger partial charge in [0.05, 0.1) is 11.3 Å². The number of carboxylic acids is 1. The van der Waals surface area contributed by atoms with Crippen molar-refractivity contribution in [3.63, 3.8) is 0 Å². The molecule has 0 saturated heterocycles. The number of nitrogens with one attached hydrogen (secondary N) is 3. The van der Waals surface area contributed by atoms with Crippen LogP contribution in [0.4, 0.5) is 17.1 Å². The highest BCUT2D eigenvalue weighted by Crippen LogP contribution is 2.31. The summed E-state index contributed by atoms with van der Waals surface area (Å²) in [6, 6.07) is 18.1. The molecule has 12 heteroatoms. The van der Waals surface area contributed by atoms with E-state index in [9.17, 15) is 22.8 Å². The number of sulfonamides is 1. The van der Waals surface area contributed by atoms with Crippen LogP contribution in [0.1, 0.15) is 42.4 Å². The predicted molar refractivity (Wildman–Crippen MR) is 156 cm³/mol. The number of aryl methyl sites for hydroxylation is 2. The van der Waals surface area contributed by atoms with E-state index >= 15 is 0 Å². The number of hydrogen-bond acceptors (Lipinski definition) is 6. The van der Waals surface area contributed by atoms with Gasteiger partial charge < -0.3 is 21.1 Å². The Morgan fingerprint density at radius 3 is 2.44 bits per heavy atom. The van der Waals surface area contributed by atoms with Crippen LogP contribution in [0.3, 0.4) is 0 Å². The first-order valence-corrected chi connectivity index (χ1v) is 14.5. The fraction of sp³-hybridized carbons (Fsp3) is 0.241. The summed E-state index contributed by atoms with van der Waals surface area (Å²) in [6.07, 6.45) is 1.28. The first-order valence-electron chi connectivity index (χ1n) is 13.0. The van der Waals surface area contributed by atoms with E-state index in [0.29, 0.717) is 41.9 Å². The molecule has 2 amide bonds. The van der Waals surface area contributed by atoms with E-state index < -0.39 is 21.9 Å². The molecule has 214 valence electrons. The Hall–Kier alpha value is -4.71. The Labute approximate surface area is 237 Å². The molecule has 0 unspecified atom stereocenters.